The standard InChI is InChI=1S/C17H16ClN3O3S/c1-2-25-16-8-5-14(18)9-13(16)10-17(22)20-19-11-12-3-6-15(7-4-12)21(23)24/h3-9,11H,2,10H2,1H3,(H,20,22)/b19-11-. The topological polar surface area (TPSA) is 84.6 Å². The van der Waals surface area contributed by atoms with E-state index in [1.807, 2.05) is 13.0 Å². The van der Waals surface area contributed by atoms with Gasteiger partial charge in [0.25, 0.3) is 5.69 Å². The third kappa shape index (κ3) is 5.88. The average Bonchev–Trinajstić information content (AvgIpc) is 2.58. The van der Waals surface area contributed by atoms with Crippen molar-refractivity contribution in [3.8, 4) is 0 Å². The zero-order valence-corrected chi connectivity index (χ0v) is 15.0. The fourth-order valence-corrected chi connectivity index (χ4v) is 3.04. The first-order valence-electron chi connectivity index (χ1n) is 7.47. The van der Waals surface area contributed by atoms with Gasteiger partial charge >= 0.3 is 0 Å². The van der Waals surface area contributed by atoms with Crippen molar-refractivity contribution in [1.29, 1.82) is 0 Å². The minimum absolute atomic E-state index is 0.00287. The van der Waals surface area contributed by atoms with Gasteiger partial charge < -0.3 is 0 Å². The van der Waals surface area contributed by atoms with Gasteiger partial charge in [0.1, 0.15) is 0 Å². The number of non-ortho nitro benzene ring substituents is 1. The number of hydrogen-bond acceptors (Lipinski definition) is 5. The van der Waals surface area contributed by atoms with Crippen LogP contribution in [-0.4, -0.2) is 22.8 Å². The highest BCUT2D eigenvalue weighted by molar-refractivity contribution is 7.99. The Hall–Kier alpha value is -2.38. The molecule has 0 aromatic heterocycles. The molecule has 130 valence electrons. The molecule has 0 spiro atoms. The van der Waals surface area contributed by atoms with E-state index in [-0.39, 0.29) is 18.0 Å². The zero-order valence-electron chi connectivity index (χ0n) is 13.4. The van der Waals surface area contributed by atoms with Gasteiger partial charge in [-0.3, -0.25) is 14.9 Å². The van der Waals surface area contributed by atoms with E-state index in [0.717, 1.165) is 16.2 Å². The van der Waals surface area contributed by atoms with Crippen LogP contribution < -0.4 is 5.43 Å². The third-order valence-corrected chi connectivity index (χ3v) is 4.41. The monoisotopic (exact) mass is 377 g/mol. The average molecular weight is 378 g/mol. The number of hydrogen-bond donors (Lipinski definition) is 1. The van der Waals surface area contributed by atoms with E-state index in [0.29, 0.717) is 10.6 Å². The van der Waals surface area contributed by atoms with E-state index in [1.165, 1.54) is 18.3 Å². The number of nitro groups is 1. The number of nitrogens with zero attached hydrogens (tertiary/aromatic N) is 2. The molecular weight excluding hydrogens is 362 g/mol. The van der Waals surface area contributed by atoms with Crippen molar-refractivity contribution >= 4 is 41.2 Å². The normalized spacial score (nSPS) is 10.8. The number of benzene rings is 2. The van der Waals surface area contributed by atoms with Gasteiger partial charge in [-0.1, -0.05) is 18.5 Å². The number of nitro benzene ring substituents is 1. The maximum Gasteiger partial charge on any atom is 0.269 e. The lowest BCUT2D eigenvalue weighted by Crippen LogP contribution is -2.20. The second kappa shape index (κ2) is 9.19. The highest BCUT2D eigenvalue weighted by Crippen LogP contribution is 2.26. The van der Waals surface area contributed by atoms with Crippen molar-refractivity contribution < 1.29 is 9.72 Å². The Balaban J connectivity index is 1.96. The van der Waals surface area contributed by atoms with Crippen molar-refractivity contribution in [1.82, 2.24) is 5.43 Å². The molecule has 8 heteroatoms. The molecule has 0 aliphatic heterocycles. The van der Waals surface area contributed by atoms with Gasteiger partial charge in [-0.15, -0.1) is 11.8 Å². The van der Waals surface area contributed by atoms with Crippen LogP contribution in [0.25, 0.3) is 0 Å². The van der Waals surface area contributed by atoms with E-state index in [9.17, 15) is 14.9 Å². The van der Waals surface area contributed by atoms with E-state index in [4.69, 9.17) is 11.6 Å². The number of carbonyl (C=O) groups excluding carboxylic acids is 1. The van der Waals surface area contributed by atoms with E-state index in [2.05, 4.69) is 10.5 Å². The lowest BCUT2D eigenvalue weighted by Gasteiger charge is -2.08. The minimum atomic E-state index is -0.473. The molecule has 25 heavy (non-hydrogen) atoms. The highest BCUT2D eigenvalue weighted by Gasteiger charge is 2.09. The predicted molar refractivity (Wildman–Crippen MR) is 100 cm³/mol. The summed E-state index contributed by atoms with van der Waals surface area (Å²) < 4.78 is 0. The maximum absolute atomic E-state index is 12.0. The van der Waals surface area contributed by atoms with Crippen LogP contribution in [0.5, 0.6) is 0 Å². The number of rotatable bonds is 7. The van der Waals surface area contributed by atoms with E-state index < -0.39 is 4.92 Å². The van der Waals surface area contributed by atoms with Gasteiger partial charge in [0.15, 0.2) is 0 Å². The molecule has 2 aromatic carbocycles. The van der Waals surface area contributed by atoms with Crippen molar-refractivity contribution in [2.45, 2.75) is 18.2 Å². The van der Waals surface area contributed by atoms with Crippen LogP contribution in [0, 0.1) is 10.1 Å². The zero-order chi connectivity index (χ0) is 18.2. The molecule has 0 saturated heterocycles. The molecule has 1 N–H and O–H groups in total. The second-order valence-electron chi connectivity index (χ2n) is 5.00. The summed E-state index contributed by atoms with van der Waals surface area (Å²) in [7, 11) is 0. The quantitative estimate of drug-likeness (QED) is 0.341. The van der Waals surface area contributed by atoms with Crippen LogP contribution in [0.2, 0.25) is 5.02 Å². The fourth-order valence-electron chi connectivity index (χ4n) is 2.06. The van der Waals surface area contributed by atoms with Gasteiger partial charge in [0, 0.05) is 22.1 Å². The van der Waals surface area contributed by atoms with Gasteiger partial charge in [-0.05, 0) is 47.2 Å². The number of thioether (sulfide) groups is 1. The molecule has 0 aliphatic carbocycles. The Bertz CT molecular complexity index is 794. The van der Waals surface area contributed by atoms with Gasteiger partial charge in [-0.25, -0.2) is 5.43 Å². The van der Waals surface area contributed by atoms with Crippen molar-refractivity contribution in [2.75, 3.05) is 5.75 Å². The van der Waals surface area contributed by atoms with Crippen LogP contribution in [0.3, 0.4) is 0 Å². The molecule has 1 amide bonds. The number of carbonyl (C=O) groups is 1. The second-order valence-corrected chi connectivity index (χ2v) is 6.75. The van der Waals surface area contributed by atoms with E-state index >= 15 is 0 Å². The number of halogens is 1. The Morgan fingerprint density at radius 1 is 1.32 bits per heavy atom. The van der Waals surface area contributed by atoms with E-state index in [1.54, 1.807) is 36.0 Å². The first-order chi connectivity index (χ1) is 12.0. The Labute approximate surface area is 154 Å². The molecular formula is C17H16ClN3O3S. The summed E-state index contributed by atoms with van der Waals surface area (Å²) in [6, 6.07) is 11.3. The van der Waals surface area contributed by atoms with Gasteiger partial charge in [0.2, 0.25) is 5.91 Å². The highest BCUT2D eigenvalue weighted by atomic mass is 35.5. The molecule has 0 atom stereocenters. The fraction of sp³-hybridized carbons (Fsp3) is 0.176. The SMILES string of the molecule is CCSc1ccc(Cl)cc1CC(=O)N/N=C\c1ccc([N+](=O)[O-])cc1. The molecule has 6 nitrogen and oxygen atoms in total. The molecule has 0 heterocycles. The number of hydrazone groups is 1. The smallest absolute Gasteiger partial charge is 0.269 e. The summed E-state index contributed by atoms with van der Waals surface area (Å²) in [5.41, 5.74) is 3.95. The molecule has 0 unspecified atom stereocenters. The van der Waals surface area contributed by atoms with Crippen LogP contribution in [0.4, 0.5) is 5.69 Å². The van der Waals surface area contributed by atoms with Crippen LogP contribution in [0.1, 0.15) is 18.1 Å². The van der Waals surface area contributed by atoms with Crippen molar-refractivity contribution in [2.24, 2.45) is 5.10 Å². The third-order valence-electron chi connectivity index (χ3n) is 3.18. The van der Waals surface area contributed by atoms with Crippen molar-refractivity contribution in [3.63, 3.8) is 0 Å². The summed E-state index contributed by atoms with van der Waals surface area (Å²) in [6.45, 7) is 2.04. The van der Waals surface area contributed by atoms with Gasteiger partial charge in [-0.2, -0.15) is 5.10 Å². The number of nitrogens with one attached hydrogen (secondary N) is 1. The predicted octanol–water partition coefficient (Wildman–Crippen LogP) is 4.05. The Morgan fingerprint density at radius 3 is 2.68 bits per heavy atom. The van der Waals surface area contributed by atoms with Crippen LogP contribution in [-0.2, 0) is 11.2 Å². The first-order valence-corrected chi connectivity index (χ1v) is 8.83. The minimum Gasteiger partial charge on any atom is -0.273 e. The largest absolute Gasteiger partial charge is 0.273 e. The molecule has 0 fully saturated rings. The number of amides is 1. The first kappa shape index (κ1) is 19.0. The summed E-state index contributed by atoms with van der Waals surface area (Å²) in [5, 5.41) is 15.0. The van der Waals surface area contributed by atoms with Gasteiger partial charge in [0.05, 0.1) is 17.6 Å². The maximum atomic E-state index is 12.0. The Morgan fingerprint density at radius 2 is 2.04 bits per heavy atom. The summed E-state index contributed by atoms with van der Waals surface area (Å²) in [5.74, 6) is 0.632. The molecule has 0 saturated carbocycles. The molecule has 2 rings (SSSR count). The van der Waals surface area contributed by atoms with Crippen molar-refractivity contribution in [3.05, 3.63) is 68.7 Å². The van der Waals surface area contributed by atoms with Crippen LogP contribution in [0.15, 0.2) is 52.5 Å². The molecule has 0 aliphatic rings. The summed E-state index contributed by atoms with van der Waals surface area (Å²) in [4.78, 5) is 23.2. The Kier molecular flexibility index (Phi) is 6.97. The summed E-state index contributed by atoms with van der Waals surface area (Å²) in [6.07, 6.45) is 1.60. The van der Waals surface area contributed by atoms with Crippen LogP contribution >= 0.6 is 23.4 Å². The molecule has 0 radical (unpaired) electrons. The molecule has 0 bridgehead atoms. The lowest BCUT2D eigenvalue weighted by molar-refractivity contribution is -0.384. The lowest BCUT2D eigenvalue weighted by atomic mass is 10.1. The molecule has 2 aromatic rings. The summed E-state index contributed by atoms with van der Waals surface area (Å²) >= 11 is 7.65.